The Bertz CT molecular complexity index is 5320. The third kappa shape index (κ3) is 34.4. The van der Waals surface area contributed by atoms with E-state index in [1.807, 2.05) is 62.3 Å². The van der Waals surface area contributed by atoms with Gasteiger partial charge in [0.05, 0.1) is 95.1 Å². The Labute approximate surface area is 832 Å². The zero-order valence-corrected chi connectivity index (χ0v) is 88.2. The maximum atomic E-state index is 11.9. The topological polar surface area (TPSA) is 575 Å². The SMILES string of the molecule is C.C.C.C.C.C.CCC(C)c1c(C)c(O)c(OC)c(OC)c1S(=O)(=O)[O-].CCC(C)c1c(OC)c(O)c(C)c(OC)c1S(=O)(=O)[O-].CCCc1c(O)c(OC)c(OC)c(S(=O)(=O)[O-])c1C(C)CC.CCCc1c(OC)c(O)c(OC)c(C(C)CC)c1S(=O)(=O)[O-].CCc1c(O)c(OC)c(OC)c(S(=O)(=O)[O-])c1C(C)CC.CCc1c(OC)c(O)c(OC)c(C(C)CC)c1S(=O)(=O)[O-].[CH3+].[CH3+].[CH3+].[CH3+].[CH3+].[CH3+]. The van der Waals surface area contributed by atoms with Gasteiger partial charge in [0.1, 0.15) is 86.0 Å². The number of hydrogen-bond donors (Lipinski definition) is 6. The van der Waals surface area contributed by atoms with Gasteiger partial charge in [0, 0.05) is 89.1 Å². The number of phenols is 6. The van der Waals surface area contributed by atoms with Crippen LogP contribution in [0.4, 0.5) is 0 Å². The molecule has 138 heavy (non-hydrogen) atoms. The van der Waals surface area contributed by atoms with Crippen LogP contribution >= 0.6 is 0 Å². The van der Waals surface area contributed by atoms with Crippen molar-refractivity contribution in [3.63, 3.8) is 0 Å². The molecule has 0 saturated carbocycles. The number of aromatic hydroxyl groups is 6. The Morgan fingerprint density at radius 3 is 0.659 bits per heavy atom. The summed E-state index contributed by atoms with van der Waals surface area (Å²) in [6, 6.07) is 0. The Morgan fingerprint density at radius 2 is 0.413 bits per heavy atom. The van der Waals surface area contributed by atoms with Crippen molar-refractivity contribution < 1.29 is 165 Å². The highest BCUT2D eigenvalue weighted by Crippen LogP contribution is 2.56. The molecule has 0 aromatic heterocycles. The molecule has 36 nitrogen and oxygen atoms in total. The maximum absolute atomic E-state index is 11.9. The average molecular weight is 2090 g/mol. The van der Waals surface area contributed by atoms with Crippen molar-refractivity contribution in [1.82, 2.24) is 0 Å². The molecule has 804 valence electrons. The summed E-state index contributed by atoms with van der Waals surface area (Å²) in [5, 5.41) is 61.6. The van der Waals surface area contributed by atoms with Crippen molar-refractivity contribution in [3.05, 3.63) is 111 Å². The van der Waals surface area contributed by atoms with Gasteiger partial charge in [-0.05, 0) is 136 Å². The van der Waals surface area contributed by atoms with E-state index in [0.717, 1.165) is 0 Å². The second-order valence-corrected chi connectivity index (χ2v) is 36.8. The number of ether oxygens (including phenoxy) is 12. The lowest BCUT2D eigenvalue weighted by Gasteiger charge is -2.26. The molecule has 0 aliphatic carbocycles. The first-order valence-corrected chi connectivity index (χ1v) is 48.5. The largest absolute Gasteiger partial charge is 0.744 e. The average Bonchev–Trinajstić information content (AvgIpc) is 0.749. The fraction of sp³-hybridized carbons (Fsp3) is 0.562. The van der Waals surface area contributed by atoms with E-state index in [-0.39, 0.29) is 283 Å². The van der Waals surface area contributed by atoms with E-state index in [2.05, 4.69) is 0 Å². The number of benzene rings is 6. The minimum atomic E-state index is -4.79. The van der Waals surface area contributed by atoms with Crippen LogP contribution in [-0.2, 0) is 86.4 Å². The van der Waals surface area contributed by atoms with Crippen LogP contribution < -0.4 is 56.8 Å². The van der Waals surface area contributed by atoms with E-state index < -0.39 is 80.3 Å². The lowest BCUT2D eigenvalue weighted by Crippen LogP contribution is -2.13. The van der Waals surface area contributed by atoms with Crippen molar-refractivity contribution in [2.45, 2.75) is 311 Å². The lowest BCUT2D eigenvalue weighted by molar-refractivity contribution is 0.320. The Morgan fingerprint density at radius 1 is 0.225 bits per heavy atom. The standard InChI is InChI=1S/2C15H24O6S.2C14H22O6S.2C13H20O6S.6CH4.6CH3/c1-6-8-10-13(20-4)12(16)14(21-5)11(9(3)7-2)15(10)22(17,18)19;1-6-8-10-11(9(3)7-2)15(22(17,18)19)14(21-5)13(20-4)12(10)16;1-6-8(3)10-13(20-5)11(15)12(19-4)9(7-2)14(10)21(16,17)18;1-6-8(3)10-9(7-2)11(15)12(19-4)13(20-5)14(10)21(16,17)18;1-6-7(2)9-12(19-5)10(14)8(3)11(18-4)13(9)20(15,16)17;1-6-7(2)9-8(3)10(14)11(18-4)12(19-5)13(9)20(15,16)17;;;;;;;;;;;;/h2*9,16H,6-8H2,1-5H3,(H,17,18,19);2*8,15H,6-7H2,1-5H3,(H,16,17,18);2*7,14H,6H2,1-5H3,(H,15,16,17);6*1H4;6*1H3/q;;;;;;;;;;;;6*+1/p-6. The molecule has 0 spiro atoms. The van der Waals surface area contributed by atoms with E-state index in [1.54, 1.807) is 55.4 Å². The van der Waals surface area contributed by atoms with Crippen molar-refractivity contribution in [2.75, 3.05) is 85.3 Å². The second kappa shape index (κ2) is 65.4. The van der Waals surface area contributed by atoms with Gasteiger partial charge in [-0.1, -0.05) is 168 Å². The molecule has 0 radical (unpaired) electrons. The normalized spacial score (nSPS) is 11.9. The van der Waals surface area contributed by atoms with Crippen LogP contribution in [0.5, 0.6) is 103 Å². The van der Waals surface area contributed by atoms with Gasteiger partial charge >= 0.3 is 0 Å². The van der Waals surface area contributed by atoms with Gasteiger partial charge in [0.15, 0.2) is 69.0 Å². The summed E-state index contributed by atoms with van der Waals surface area (Å²) in [7, 11) is -13.2. The molecule has 0 aliphatic heterocycles. The van der Waals surface area contributed by atoms with Gasteiger partial charge in [0.25, 0.3) is 0 Å². The van der Waals surface area contributed by atoms with E-state index in [9.17, 15) is 108 Å². The molecule has 0 amide bonds. The molecular weight excluding hydrogens is 1920 g/mol. The molecule has 6 aromatic rings. The number of phenolic OH excluding ortho intramolecular Hbond substituents is 6. The highest BCUT2D eigenvalue weighted by atomic mass is 32.2. The van der Waals surface area contributed by atoms with Gasteiger partial charge in [0.2, 0.25) is 28.7 Å². The minimum Gasteiger partial charge on any atom is -0.744 e. The van der Waals surface area contributed by atoms with E-state index >= 15 is 0 Å². The quantitative estimate of drug-likeness (QED) is 0.0157. The first-order chi connectivity index (χ1) is 58.4. The van der Waals surface area contributed by atoms with Crippen molar-refractivity contribution in [1.29, 1.82) is 0 Å². The third-order valence-corrected chi connectivity index (χ3v) is 27.0. The minimum absolute atomic E-state index is 0. The van der Waals surface area contributed by atoms with Gasteiger partial charge in [-0.15, -0.1) is 0 Å². The Kier molecular flexibility index (Phi) is 72.9. The van der Waals surface area contributed by atoms with Crippen LogP contribution in [0, 0.1) is 58.4 Å². The summed E-state index contributed by atoms with van der Waals surface area (Å²) in [5.41, 5.74) is 3.21. The van der Waals surface area contributed by atoms with Crippen LogP contribution in [0.15, 0.2) is 29.4 Å². The van der Waals surface area contributed by atoms with E-state index in [1.165, 1.54) is 92.2 Å². The smallest absolute Gasteiger partial charge is 0.204 e. The predicted octanol–water partition coefficient (Wildman–Crippen LogP) is 21.1. The molecule has 42 heteroatoms. The number of hydrogen-bond acceptors (Lipinski definition) is 36. The molecule has 0 saturated heterocycles. The zero-order valence-electron chi connectivity index (χ0n) is 83.3. The molecular formula is C96H168O36S6. The Balaban J connectivity index is -0.000000136. The fourth-order valence-corrected chi connectivity index (χ4v) is 20.6. The molecule has 6 atom stereocenters. The highest BCUT2D eigenvalue weighted by molar-refractivity contribution is 7.87. The van der Waals surface area contributed by atoms with E-state index in [0.29, 0.717) is 98.4 Å². The summed E-state index contributed by atoms with van der Waals surface area (Å²) in [6.45, 7) is 32.1. The fourth-order valence-electron chi connectivity index (χ4n) is 14.4. The summed E-state index contributed by atoms with van der Waals surface area (Å²) in [4.78, 5) is -2.45. The van der Waals surface area contributed by atoms with Crippen molar-refractivity contribution in [2.24, 2.45) is 0 Å². The second-order valence-electron chi connectivity index (χ2n) is 28.9. The van der Waals surface area contributed by atoms with Gasteiger partial charge < -0.3 is 115 Å². The molecule has 6 rings (SSSR count). The maximum Gasteiger partial charge on any atom is 0.204 e. The summed E-state index contributed by atoms with van der Waals surface area (Å²) in [5.74, 6) is -4.11. The van der Waals surface area contributed by atoms with Crippen LogP contribution in [0.2, 0.25) is 0 Å². The van der Waals surface area contributed by atoms with Crippen LogP contribution in [0.25, 0.3) is 0 Å². The molecule has 0 bridgehead atoms. The number of rotatable bonds is 36. The molecule has 6 N–H and O–H groups in total. The van der Waals surface area contributed by atoms with Crippen molar-refractivity contribution >= 4 is 60.7 Å². The molecule has 6 aromatic carbocycles. The van der Waals surface area contributed by atoms with Gasteiger partial charge in [-0.2, -0.15) is 0 Å². The summed E-state index contributed by atoms with van der Waals surface area (Å²) in [6.07, 6.45) is 6.24. The highest BCUT2D eigenvalue weighted by Gasteiger charge is 2.37. The van der Waals surface area contributed by atoms with Crippen LogP contribution in [0.1, 0.15) is 309 Å². The number of methoxy groups -OCH3 is 12. The predicted molar refractivity (Wildman–Crippen MR) is 542 cm³/mol. The molecule has 0 aliphatic rings. The first-order valence-electron chi connectivity index (χ1n) is 40.0. The monoisotopic (exact) mass is 2090 g/mol. The first kappa shape index (κ1) is 154. The van der Waals surface area contributed by atoms with Gasteiger partial charge in [-0.3, -0.25) is 0 Å². The Hall–Kier alpha value is -9.60. The van der Waals surface area contributed by atoms with Crippen molar-refractivity contribution in [3.8, 4) is 103 Å². The lowest BCUT2D eigenvalue weighted by atomic mass is 9.90. The van der Waals surface area contributed by atoms with E-state index in [4.69, 9.17) is 56.8 Å². The van der Waals surface area contributed by atoms with Crippen LogP contribution in [0.3, 0.4) is 0 Å². The molecule has 6 unspecified atom stereocenters. The third-order valence-electron chi connectivity index (χ3n) is 21.4. The summed E-state index contributed by atoms with van der Waals surface area (Å²) < 4.78 is 272. The zero-order chi connectivity index (χ0) is 98.2. The molecule has 0 fully saturated rings. The summed E-state index contributed by atoms with van der Waals surface area (Å²) >= 11 is 0. The van der Waals surface area contributed by atoms with Gasteiger partial charge in [-0.25, -0.2) is 50.5 Å². The molecule has 0 heterocycles. The van der Waals surface area contributed by atoms with Crippen LogP contribution in [-0.4, -0.2) is 194 Å².